The fraction of sp³-hybridized carbons (Fsp3) is 0.577. The summed E-state index contributed by atoms with van der Waals surface area (Å²) < 4.78 is 11.8. The third kappa shape index (κ3) is 5.58. The highest BCUT2D eigenvalue weighted by molar-refractivity contribution is 5.91. The molecule has 0 N–H and O–H groups in total. The lowest BCUT2D eigenvalue weighted by Crippen LogP contribution is -2.48. The predicted molar refractivity (Wildman–Crippen MR) is 122 cm³/mol. The van der Waals surface area contributed by atoms with E-state index in [-0.39, 0.29) is 18.1 Å². The van der Waals surface area contributed by atoms with E-state index in [1.807, 2.05) is 30.9 Å². The number of morpholine rings is 1. The smallest absolute Gasteiger partial charge is 0.289 e. The zero-order chi connectivity index (χ0) is 21.8. The molecule has 2 atom stereocenters. The Morgan fingerprint density at radius 3 is 2.42 bits per heavy atom. The summed E-state index contributed by atoms with van der Waals surface area (Å²) in [5.41, 5.74) is 2.70. The van der Waals surface area contributed by atoms with Gasteiger partial charge < -0.3 is 14.1 Å². The fourth-order valence-electron chi connectivity index (χ4n) is 5.04. The number of hydrogen-bond acceptors (Lipinski definition) is 4. The summed E-state index contributed by atoms with van der Waals surface area (Å²) >= 11 is 0. The highest BCUT2D eigenvalue weighted by Crippen LogP contribution is 2.27. The van der Waals surface area contributed by atoms with Gasteiger partial charge in [0, 0.05) is 25.7 Å². The molecule has 2 heterocycles. The summed E-state index contributed by atoms with van der Waals surface area (Å²) in [4.78, 5) is 17.4. The molecule has 2 unspecified atom stereocenters. The van der Waals surface area contributed by atoms with Crippen LogP contribution in [0.15, 0.2) is 40.8 Å². The first-order valence-electron chi connectivity index (χ1n) is 11.8. The molecule has 2 fully saturated rings. The van der Waals surface area contributed by atoms with Crippen LogP contribution in [0.25, 0.3) is 0 Å². The van der Waals surface area contributed by atoms with Crippen LogP contribution in [-0.2, 0) is 17.8 Å². The lowest BCUT2D eigenvalue weighted by molar-refractivity contribution is -0.0592. The topological polar surface area (TPSA) is 45.9 Å². The molecule has 1 amide bonds. The highest BCUT2D eigenvalue weighted by atomic mass is 16.5. The lowest BCUT2D eigenvalue weighted by atomic mass is 9.93. The van der Waals surface area contributed by atoms with Crippen molar-refractivity contribution in [1.82, 2.24) is 9.80 Å². The van der Waals surface area contributed by atoms with Gasteiger partial charge in [0.25, 0.3) is 5.91 Å². The minimum atomic E-state index is -0.0311. The second-order valence-electron chi connectivity index (χ2n) is 9.36. The van der Waals surface area contributed by atoms with Crippen molar-refractivity contribution in [3.05, 3.63) is 59.0 Å². The third-order valence-corrected chi connectivity index (χ3v) is 6.66. The molecular weight excluding hydrogens is 388 g/mol. The van der Waals surface area contributed by atoms with E-state index in [1.165, 1.54) is 43.2 Å². The molecule has 2 aromatic rings. The molecule has 1 saturated heterocycles. The Balaban J connectivity index is 1.47. The van der Waals surface area contributed by atoms with Crippen molar-refractivity contribution >= 4 is 5.91 Å². The van der Waals surface area contributed by atoms with Gasteiger partial charge in [0.05, 0.1) is 18.8 Å². The van der Waals surface area contributed by atoms with Crippen molar-refractivity contribution in [3.8, 4) is 0 Å². The second-order valence-corrected chi connectivity index (χ2v) is 9.36. The molecule has 1 aromatic heterocycles. The molecule has 1 aliphatic carbocycles. The van der Waals surface area contributed by atoms with E-state index in [2.05, 4.69) is 36.1 Å². The number of amides is 1. The van der Waals surface area contributed by atoms with Crippen molar-refractivity contribution in [2.75, 3.05) is 13.1 Å². The summed E-state index contributed by atoms with van der Waals surface area (Å²) in [7, 11) is 0. The molecule has 31 heavy (non-hydrogen) atoms. The zero-order valence-electron chi connectivity index (χ0n) is 19.2. The Morgan fingerprint density at radius 2 is 1.71 bits per heavy atom. The molecule has 0 radical (unpaired) electrons. The minimum Gasteiger partial charge on any atom is -0.455 e. The Bertz CT molecular complexity index is 861. The van der Waals surface area contributed by atoms with Gasteiger partial charge in [-0.1, -0.05) is 43.5 Å². The van der Waals surface area contributed by atoms with Gasteiger partial charge >= 0.3 is 0 Å². The SMILES string of the molecule is Cc1ccccc1CN(Cc1ccc(C(=O)N2CC(C)OC(C)C2)o1)C1CCCCC1. The number of ether oxygens (including phenoxy) is 1. The van der Waals surface area contributed by atoms with Crippen molar-refractivity contribution in [1.29, 1.82) is 0 Å². The van der Waals surface area contributed by atoms with E-state index in [1.54, 1.807) is 0 Å². The Kier molecular flexibility index (Phi) is 7.13. The van der Waals surface area contributed by atoms with Crippen LogP contribution < -0.4 is 0 Å². The predicted octanol–water partition coefficient (Wildman–Crippen LogP) is 5.17. The third-order valence-electron chi connectivity index (χ3n) is 6.66. The van der Waals surface area contributed by atoms with Crippen LogP contribution in [0.2, 0.25) is 0 Å². The van der Waals surface area contributed by atoms with Crippen LogP contribution >= 0.6 is 0 Å². The first-order chi connectivity index (χ1) is 15.0. The number of benzene rings is 1. The van der Waals surface area contributed by atoms with Gasteiger partial charge in [-0.05, 0) is 56.9 Å². The van der Waals surface area contributed by atoms with Gasteiger partial charge in [0.1, 0.15) is 5.76 Å². The summed E-state index contributed by atoms with van der Waals surface area (Å²) in [5, 5.41) is 0. The quantitative estimate of drug-likeness (QED) is 0.642. The minimum absolute atomic E-state index is 0.0311. The number of hydrogen-bond donors (Lipinski definition) is 0. The summed E-state index contributed by atoms with van der Waals surface area (Å²) in [6.07, 6.45) is 6.51. The van der Waals surface area contributed by atoms with Crippen molar-refractivity contribution < 1.29 is 13.9 Å². The zero-order valence-corrected chi connectivity index (χ0v) is 19.2. The normalized spacial score (nSPS) is 22.8. The van der Waals surface area contributed by atoms with E-state index >= 15 is 0 Å². The molecule has 0 spiro atoms. The molecule has 1 saturated carbocycles. The van der Waals surface area contributed by atoms with Gasteiger partial charge in [0.15, 0.2) is 5.76 Å². The molecule has 168 valence electrons. The first-order valence-corrected chi connectivity index (χ1v) is 11.8. The van der Waals surface area contributed by atoms with Crippen LogP contribution in [0.1, 0.15) is 73.4 Å². The van der Waals surface area contributed by atoms with Crippen molar-refractivity contribution in [3.63, 3.8) is 0 Å². The maximum Gasteiger partial charge on any atom is 0.289 e. The van der Waals surface area contributed by atoms with Crippen LogP contribution in [-0.4, -0.2) is 47.0 Å². The summed E-state index contributed by atoms with van der Waals surface area (Å²) in [5.74, 6) is 1.28. The van der Waals surface area contributed by atoms with E-state index in [4.69, 9.17) is 9.15 Å². The van der Waals surface area contributed by atoms with E-state index in [0.29, 0.717) is 24.9 Å². The van der Waals surface area contributed by atoms with Crippen molar-refractivity contribution in [2.24, 2.45) is 0 Å². The number of carbonyl (C=O) groups excluding carboxylic acids is 1. The molecule has 4 rings (SSSR count). The highest BCUT2D eigenvalue weighted by Gasteiger charge is 2.29. The Morgan fingerprint density at radius 1 is 1.00 bits per heavy atom. The van der Waals surface area contributed by atoms with Gasteiger partial charge in [-0.3, -0.25) is 9.69 Å². The number of carbonyl (C=O) groups is 1. The fourth-order valence-corrected chi connectivity index (χ4v) is 5.04. The van der Waals surface area contributed by atoms with Gasteiger partial charge in [-0.25, -0.2) is 0 Å². The van der Waals surface area contributed by atoms with Gasteiger partial charge in [-0.2, -0.15) is 0 Å². The van der Waals surface area contributed by atoms with E-state index in [0.717, 1.165) is 18.8 Å². The number of furan rings is 1. The number of rotatable bonds is 6. The average Bonchev–Trinajstić information content (AvgIpc) is 3.23. The maximum absolute atomic E-state index is 13.0. The van der Waals surface area contributed by atoms with Crippen molar-refractivity contribution in [2.45, 2.75) is 84.2 Å². The number of nitrogens with zero attached hydrogens (tertiary/aromatic N) is 2. The first kappa shape index (κ1) is 22.1. The second kappa shape index (κ2) is 10.0. The maximum atomic E-state index is 13.0. The van der Waals surface area contributed by atoms with Crippen LogP contribution in [0, 0.1) is 6.92 Å². The van der Waals surface area contributed by atoms with Crippen LogP contribution in [0.4, 0.5) is 0 Å². The Hall–Kier alpha value is -2.11. The van der Waals surface area contributed by atoms with Crippen LogP contribution in [0.3, 0.4) is 0 Å². The molecule has 1 aliphatic heterocycles. The van der Waals surface area contributed by atoms with Gasteiger partial charge in [-0.15, -0.1) is 0 Å². The molecule has 2 aliphatic rings. The summed E-state index contributed by atoms with van der Waals surface area (Å²) in [6.45, 7) is 9.08. The largest absolute Gasteiger partial charge is 0.455 e. The monoisotopic (exact) mass is 424 g/mol. The van der Waals surface area contributed by atoms with E-state index in [9.17, 15) is 4.79 Å². The molecular formula is C26H36N2O3. The average molecular weight is 425 g/mol. The lowest BCUT2D eigenvalue weighted by Gasteiger charge is -2.35. The summed E-state index contributed by atoms with van der Waals surface area (Å²) in [6, 6.07) is 13.0. The Labute approximate surface area is 186 Å². The van der Waals surface area contributed by atoms with Crippen LogP contribution in [0.5, 0.6) is 0 Å². The van der Waals surface area contributed by atoms with E-state index < -0.39 is 0 Å². The molecule has 0 bridgehead atoms. The van der Waals surface area contributed by atoms with Gasteiger partial charge in [0.2, 0.25) is 0 Å². The molecule has 5 heteroatoms. The molecule has 1 aromatic carbocycles. The standard InChI is InChI=1S/C26H36N2O3/c1-19-9-7-8-10-22(19)17-27(23-11-5-4-6-12-23)18-24-13-14-25(31-24)26(29)28-15-20(2)30-21(3)16-28/h7-10,13-14,20-21,23H,4-6,11-12,15-18H2,1-3H3. The number of aryl methyl sites for hydroxylation is 1. The molecule has 5 nitrogen and oxygen atoms in total.